The van der Waals surface area contributed by atoms with Crippen LogP contribution < -0.4 is 16.4 Å². The molecule has 5 heteroatoms. The Morgan fingerprint density at radius 3 is 2.70 bits per heavy atom. The number of carbonyl (C=O) groups excluding carboxylic acids is 1. The molecule has 0 aliphatic rings. The smallest absolute Gasteiger partial charge is 0.251 e. The molecule has 1 amide bonds. The van der Waals surface area contributed by atoms with Gasteiger partial charge in [-0.25, -0.2) is 0 Å². The fraction of sp³-hybridized carbons (Fsp3) is 0.133. The molecule has 104 valence electrons. The van der Waals surface area contributed by atoms with E-state index < -0.39 is 0 Å². The lowest BCUT2D eigenvalue weighted by molar-refractivity contribution is 0.0956. The van der Waals surface area contributed by atoms with Crippen LogP contribution in [-0.4, -0.2) is 12.5 Å². The Kier molecular flexibility index (Phi) is 4.48. The molecule has 4 N–H and O–H groups in total. The summed E-state index contributed by atoms with van der Waals surface area (Å²) in [6.07, 6.45) is 0. The van der Waals surface area contributed by atoms with E-state index in [2.05, 4.69) is 10.6 Å². The molecule has 0 radical (unpaired) electrons. The van der Waals surface area contributed by atoms with Gasteiger partial charge < -0.3 is 16.4 Å². The third-order valence-corrected chi connectivity index (χ3v) is 2.99. The van der Waals surface area contributed by atoms with Gasteiger partial charge in [-0.1, -0.05) is 17.7 Å². The average Bonchev–Trinajstić information content (AvgIpc) is 2.41. The largest absolute Gasteiger partial charge is 0.397 e. The molecule has 0 aromatic heterocycles. The minimum absolute atomic E-state index is 0.131. The van der Waals surface area contributed by atoms with Crippen LogP contribution in [0.15, 0.2) is 42.5 Å². The molecule has 0 spiro atoms. The third-order valence-electron chi connectivity index (χ3n) is 2.75. The van der Waals surface area contributed by atoms with Crippen LogP contribution in [0.3, 0.4) is 0 Å². The van der Waals surface area contributed by atoms with Crippen molar-refractivity contribution in [3.05, 3.63) is 53.1 Å². The van der Waals surface area contributed by atoms with Crippen molar-refractivity contribution in [2.75, 3.05) is 17.6 Å². The Morgan fingerprint density at radius 1 is 1.25 bits per heavy atom. The number of nitrogen functional groups attached to an aromatic ring is 1. The molecule has 0 atom stereocenters. The van der Waals surface area contributed by atoms with Crippen molar-refractivity contribution in [1.29, 1.82) is 0 Å². The number of nitrogens with two attached hydrogens (primary N) is 1. The maximum absolute atomic E-state index is 11.7. The van der Waals surface area contributed by atoms with E-state index in [9.17, 15) is 4.79 Å². The first-order chi connectivity index (χ1) is 9.60. The van der Waals surface area contributed by atoms with Gasteiger partial charge in [-0.3, -0.25) is 4.79 Å². The van der Waals surface area contributed by atoms with Crippen LogP contribution in [0, 0.1) is 0 Å². The van der Waals surface area contributed by atoms with E-state index >= 15 is 0 Å². The summed E-state index contributed by atoms with van der Waals surface area (Å²) >= 11 is 5.93. The van der Waals surface area contributed by atoms with Crippen LogP contribution in [0.5, 0.6) is 0 Å². The topological polar surface area (TPSA) is 67.2 Å². The lowest BCUT2D eigenvalue weighted by atomic mass is 10.1. The van der Waals surface area contributed by atoms with Gasteiger partial charge in [0.15, 0.2) is 0 Å². The van der Waals surface area contributed by atoms with E-state index in [1.54, 1.807) is 30.3 Å². The van der Waals surface area contributed by atoms with Crippen molar-refractivity contribution < 1.29 is 4.79 Å². The summed E-state index contributed by atoms with van der Waals surface area (Å²) in [4.78, 5) is 11.7. The van der Waals surface area contributed by atoms with Crippen molar-refractivity contribution in [2.45, 2.75) is 6.92 Å². The van der Waals surface area contributed by atoms with Crippen LogP contribution in [0.4, 0.5) is 17.1 Å². The Bertz CT molecular complexity index is 628. The minimum Gasteiger partial charge on any atom is -0.397 e. The molecule has 0 fully saturated rings. The van der Waals surface area contributed by atoms with Gasteiger partial charge in [-0.2, -0.15) is 0 Å². The zero-order valence-corrected chi connectivity index (χ0v) is 11.9. The molecule has 2 rings (SSSR count). The maximum Gasteiger partial charge on any atom is 0.251 e. The van der Waals surface area contributed by atoms with Crippen LogP contribution >= 0.6 is 11.6 Å². The summed E-state index contributed by atoms with van der Waals surface area (Å²) < 4.78 is 0. The molecule has 0 saturated heterocycles. The number of hydrogen-bond donors (Lipinski definition) is 3. The second-order valence-electron chi connectivity index (χ2n) is 4.30. The number of halogens is 1. The molecule has 0 aliphatic carbocycles. The molecular formula is C15H16ClN3O. The summed E-state index contributed by atoms with van der Waals surface area (Å²) in [5.74, 6) is -0.131. The Labute approximate surface area is 122 Å². The number of nitrogens with one attached hydrogen (secondary N) is 2. The second kappa shape index (κ2) is 6.30. The molecular weight excluding hydrogens is 274 g/mol. The number of rotatable bonds is 4. The van der Waals surface area contributed by atoms with Gasteiger partial charge in [0.2, 0.25) is 0 Å². The van der Waals surface area contributed by atoms with Crippen molar-refractivity contribution in [3.8, 4) is 0 Å². The van der Waals surface area contributed by atoms with Gasteiger partial charge in [0.25, 0.3) is 5.91 Å². The second-order valence-corrected chi connectivity index (χ2v) is 4.73. The van der Waals surface area contributed by atoms with Crippen molar-refractivity contribution in [1.82, 2.24) is 5.32 Å². The number of carbonyl (C=O) groups is 1. The monoisotopic (exact) mass is 289 g/mol. The van der Waals surface area contributed by atoms with E-state index in [-0.39, 0.29) is 5.91 Å². The fourth-order valence-corrected chi connectivity index (χ4v) is 1.99. The molecule has 20 heavy (non-hydrogen) atoms. The summed E-state index contributed by atoms with van der Waals surface area (Å²) in [6.45, 7) is 2.46. The van der Waals surface area contributed by atoms with E-state index in [0.29, 0.717) is 22.8 Å². The molecule has 0 heterocycles. The molecule has 0 bridgehead atoms. The van der Waals surface area contributed by atoms with Gasteiger partial charge in [0.1, 0.15) is 0 Å². The zero-order valence-electron chi connectivity index (χ0n) is 11.1. The van der Waals surface area contributed by atoms with E-state index in [1.165, 1.54) is 0 Å². The molecule has 2 aromatic carbocycles. The highest BCUT2D eigenvalue weighted by Crippen LogP contribution is 2.25. The normalized spacial score (nSPS) is 10.1. The highest BCUT2D eigenvalue weighted by molar-refractivity contribution is 6.30. The summed E-state index contributed by atoms with van der Waals surface area (Å²) in [5, 5.41) is 6.55. The maximum atomic E-state index is 11.7. The van der Waals surface area contributed by atoms with Crippen LogP contribution in [-0.2, 0) is 0 Å². The fourth-order valence-electron chi connectivity index (χ4n) is 1.80. The summed E-state index contributed by atoms with van der Waals surface area (Å²) in [5.41, 5.74) is 8.60. The molecule has 4 nitrogen and oxygen atoms in total. The standard InChI is InChI=1S/C15H16ClN3O/c1-2-18-15(20)10-6-7-14(13(17)8-10)19-12-5-3-4-11(16)9-12/h3-9,19H,2,17H2,1H3,(H,18,20). The lowest BCUT2D eigenvalue weighted by Crippen LogP contribution is -2.22. The first-order valence-electron chi connectivity index (χ1n) is 6.30. The highest BCUT2D eigenvalue weighted by Gasteiger charge is 2.07. The van der Waals surface area contributed by atoms with Crippen LogP contribution in [0.1, 0.15) is 17.3 Å². The van der Waals surface area contributed by atoms with Crippen molar-refractivity contribution in [2.24, 2.45) is 0 Å². The van der Waals surface area contributed by atoms with Gasteiger partial charge in [-0.05, 0) is 43.3 Å². The Balaban J connectivity index is 2.20. The zero-order chi connectivity index (χ0) is 14.5. The number of amides is 1. The summed E-state index contributed by atoms with van der Waals surface area (Å²) in [7, 11) is 0. The van der Waals surface area contributed by atoms with Crippen LogP contribution in [0.2, 0.25) is 5.02 Å². The van der Waals surface area contributed by atoms with E-state index in [0.717, 1.165) is 11.4 Å². The third kappa shape index (κ3) is 3.42. The van der Waals surface area contributed by atoms with Crippen molar-refractivity contribution >= 4 is 34.6 Å². The molecule has 0 saturated carbocycles. The number of anilines is 3. The number of benzene rings is 2. The summed E-state index contributed by atoms with van der Waals surface area (Å²) in [6, 6.07) is 12.5. The van der Waals surface area contributed by atoms with E-state index in [1.807, 2.05) is 19.1 Å². The Hall–Kier alpha value is -2.20. The Morgan fingerprint density at radius 2 is 2.05 bits per heavy atom. The predicted octanol–water partition coefficient (Wildman–Crippen LogP) is 3.42. The quantitative estimate of drug-likeness (QED) is 0.756. The van der Waals surface area contributed by atoms with Gasteiger partial charge in [0.05, 0.1) is 11.4 Å². The van der Waals surface area contributed by atoms with Crippen molar-refractivity contribution in [3.63, 3.8) is 0 Å². The lowest BCUT2D eigenvalue weighted by Gasteiger charge is -2.11. The van der Waals surface area contributed by atoms with Gasteiger partial charge in [-0.15, -0.1) is 0 Å². The van der Waals surface area contributed by atoms with E-state index in [4.69, 9.17) is 17.3 Å². The first kappa shape index (κ1) is 14.2. The first-order valence-corrected chi connectivity index (χ1v) is 6.68. The highest BCUT2D eigenvalue weighted by atomic mass is 35.5. The SMILES string of the molecule is CCNC(=O)c1ccc(Nc2cccc(Cl)c2)c(N)c1. The number of hydrogen-bond acceptors (Lipinski definition) is 3. The molecule has 2 aromatic rings. The van der Waals surface area contributed by atoms with Gasteiger partial charge >= 0.3 is 0 Å². The minimum atomic E-state index is -0.131. The van der Waals surface area contributed by atoms with Crippen LogP contribution in [0.25, 0.3) is 0 Å². The molecule has 0 aliphatic heterocycles. The van der Waals surface area contributed by atoms with Gasteiger partial charge in [0, 0.05) is 22.8 Å². The molecule has 0 unspecified atom stereocenters. The average molecular weight is 290 g/mol. The predicted molar refractivity (Wildman–Crippen MR) is 83.6 cm³/mol.